The Balaban J connectivity index is 1.40. The van der Waals surface area contributed by atoms with Gasteiger partial charge in [0.25, 0.3) is 0 Å². The number of hydrogen-bond acceptors (Lipinski definition) is 8. The summed E-state index contributed by atoms with van der Waals surface area (Å²) in [6.07, 6.45) is -2.79. The number of nitrogens with zero attached hydrogens (tertiary/aromatic N) is 4. The van der Waals surface area contributed by atoms with Crippen LogP contribution in [0.15, 0.2) is 48.5 Å². The van der Waals surface area contributed by atoms with E-state index in [9.17, 15) is 55.1 Å². The van der Waals surface area contributed by atoms with Crippen molar-refractivity contribution in [3.8, 4) is 0 Å². The van der Waals surface area contributed by atoms with Crippen molar-refractivity contribution in [2.24, 2.45) is 10.8 Å². The van der Waals surface area contributed by atoms with Crippen LogP contribution in [0.1, 0.15) is 155 Å². The molecule has 14 nitrogen and oxygen atoms in total. The number of carbonyl (C=O) groups excluding carboxylic acids is 6. The largest absolute Gasteiger partial charge is 0.416 e. The van der Waals surface area contributed by atoms with E-state index >= 15 is 0 Å². The standard InChI is InChI=1S/C56H84F6N8O6/c1-37(63-9)49(73)65-47(53(3,4)5)51(75)69-29-19-25-43(69)35-67(33-39-21-17-23-41(31-39)55(57,58)59)45(71)27-15-13-11-12-14-16-28-46(72)68(34-40-22-18-24-42(32-40)56(60,61)62)36-44-26-20-30-70(44)52(76)48(54(6,7)8)66-50(74)38(2)64-10/h17-18,21-24,31-32,37-38,43-44,47-48,63-64H,11-16,19-20,25-30,33-36H2,1-10H3,(H,65,73)(H,66,74)/t37-,38-,43-,44-,47+,48?/m0/s1. The van der Waals surface area contributed by atoms with Gasteiger partial charge in [-0.2, -0.15) is 26.3 Å². The molecule has 2 aliphatic rings. The van der Waals surface area contributed by atoms with Crippen molar-refractivity contribution in [3.05, 3.63) is 70.8 Å². The Bertz CT molecular complexity index is 2110. The van der Waals surface area contributed by atoms with E-state index in [1.54, 1.807) is 49.9 Å². The maximum atomic E-state index is 14.2. The van der Waals surface area contributed by atoms with E-state index in [1.165, 1.54) is 21.9 Å². The van der Waals surface area contributed by atoms with Crippen molar-refractivity contribution in [2.75, 3.05) is 40.3 Å². The first-order valence-electron chi connectivity index (χ1n) is 26.9. The van der Waals surface area contributed by atoms with Gasteiger partial charge in [-0.3, -0.25) is 28.8 Å². The summed E-state index contributed by atoms with van der Waals surface area (Å²) in [4.78, 5) is 88.8. The van der Waals surface area contributed by atoms with Gasteiger partial charge in [-0.25, -0.2) is 0 Å². The Morgan fingerprint density at radius 1 is 0.566 bits per heavy atom. The highest BCUT2D eigenvalue weighted by Crippen LogP contribution is 2.33. The smallest absolute Gasteiger partial charge is 0.342 e. The maximum absolute atomic E-state index is 14.2. The molecule has 4 rings (SSSR count). The molecule has 2 aromatic carbocycles. The molecule has 20 heteroatoms. The quantitative estimate of drug-likeness (QED) is 0.0569. The minimum Gasteiger partial charge on any atom is -0.342 e. The summed E-state index contributed by atoms with van der Waals surface area (Å²) in [5.74, 6) is -1.79. The molecule has 2 heterocycles. The van der Waals surface area contributed by atoms with Crippen LogP contribution < -0.4 is 21.3 Å². The molecule has 0 spiro atoms. The van der Waals surface area contributed by atoms with Gasteiger partial charge in [-0.05, 0) is 113 Å². The second-order valence-electron chi connectivity index (χ2n) is 22.9. The molecular formula is C56H84F6N8O6. The molecule has 2 aliphatic heterocycles. The van der Waals surface area contributed by atoms with Crippen LogP contribution in [0.4, 0.5) is 26.3 Å². The van der Waals surface area contributed by atoms with E-state index < -0.39 is 70.6 Å². The van der Waals surface area contributed by atoms with Crippen molar-refractivity contribution in [2.45, 2.75) is 194 Å². The number of halogens is 6. The Morgan fingerprint density at radius 2 is 0.908 bits per heavy atom. The minimum atomic E-state index is -4.58. The summed E-state index contributed by atoms with van der Waals surface area (Å²) in [5.41, 5.74) is -2.38. The minimum absolute atomic E-state index is 0.0956. The molecule has 0 aromatic heterocycles. The summed E-state index contributed by atoms with van der Waals surface area (Å²) in [7, 11) is 3.29. The van der Waals surface area contributed by atoms with E-state index in [0.29, 0.717) is 75.6 Å². The fourth-order valence-electron chi connectivity index (χ4n) is 9.78. The van der Waals surface area contributed by atoms with Crippen LogP contribution in [-0.4, -0.2) is 132 Å². The van der Waals surface area contributed by atoms with E-state index in [-0.39, 0.29) is 74.5 Å². The fraction of sp³-hybridized carbons (Fsp3) is 0.679. The molecule has 0 saturated carbocycles. The van der Waals surface area contributed by atoms with Crippen molar-refractivity contribution in [1.29, 1.82) is 0 Å². The molecule has 0 radical (unpaired) electrons. The normalized spacial score (nSPS) is 17.9. The molecular weight excluding hydrogens is 995 g/mol. The van der Waals surface area contributed by atoms with Gasteiger partial charge in [0.15, 0.2) is 0 Å². The van der Waals surface area contributed by atoms with Gasteiger partial charge in [0.1, 0.15) is 12.1 Å². The third-order valence-corrected chi connectivity index (χ3v) is 14.6. The van der Waals surface area contributed by atoms with Crippen LogP contribution in [0, 0.1) is 10.8 Å². The van der Waals surface area contributed by atoms with Gasteiger partial charge in [-0.1, -0.05) is 91.5 Å². The number of unbranched alkanes of at least 4 members (excludes halogenated alkanes) is 5. The maximum Gasteiger partial charge on any atom is 0.416 e. The highest BCUT2D eigenvalue weighted by atomic mass is 19.4. The molecule has 2 aromatic rings. The second kappa shape index (κ2) is 27.9. The lowest BCUT2D eigenvalue weighted by Gasteiger charge is -2.37. The van der Waals surface area contributed by atoms with Crippen molar-refractivity contribution in [3.63, 3.8) is 0 Å². The summed E-state index contributed by atoms with van der Waals surface area (Å²) in [5, 5.41) is 11.6. The van der Waals surface area contributed by atoms with E-state index in [0.717, 1.165) is 37.1 Å². The molecule has 2 fully saturated rings. The van der Waals surface area contributed by atoms with Crippen LogP contribution in [0.25, 0.3) is 0 Å². The van der Waals surface area contributed by atoms with Crippen molar-refractivity contribution in [1.82, 2.24) is 40.9 Å². The van der Waals surface area contributed by atoms with Gasteiger partial charge in [0.05, 0.1) is 23.2 Å². The lowest BCUT2D eigenvalue weighted by atomic mass is 9.85. The zero-order valence-corrected chi connectivity index (χ0v) is 46.3. The Labute approximate surface area is 446 Å². The molecule has 76 heavy (non-hydrogen) atoms. The number of rotatable bonds is 25. The highest BCUT2D eigenvalue weighted by Gasteiger charge is 2.43. The Morgan fingerprint density at radius 3 is 1.22 bits per heavy atom. The lowest BCUT2D eigenvalue weighted by molar-refractivity contribution is -0.142. The molecule has 2 saturated heterocycles. The molecule has 1 unspecified atom stereocenters. The molecule has 426 valence electrons. The van der Waals surface area contributed by atoms with Crippen LogP contribution in [-0.2, 0) is 54.2 Å². The Hall–Kier alpha value is -5.24. The first-order chi connectivity index (χ1) is 35.5. The third-order valence-electron chi connectivity index (χ3n) is 14.6. The number of nitrogens with one attached hydrogen (secondary N) is 4. The van der Waals surface area contributed by atoms with E-state index in [1.807, 2.05) is 41.5 Å². The summed E-state index contributed by atoms with van der Waals surface area (Å²) < 4.78 is 82.6. The van der Waals surface area contributed by atoms with E-state index in [4.69, 9.17) is 0 Å². The molecule has 6 amide bonds. The monoisotopic (exact) mass is 1080 g/mol. The van der Waals surface area contributed by atoms with Crippen molar-refractivity contribution >= 4 is 35.4 Å². The number of likely N-dealkylation sites (tertiary alicyclic amines) is 2. The topological polar surface area (TPSA) is 163 Å². The lowest BCUT2D eigenvalue weighted by Crippen LogP contribution is -2.59. The predicted octanol–water partition coefficient (Wildman–Crippen LogP) is 8.46. The summed E-state index contributed by atoms with van der Waals surface area (Å²) in [6, 6.07) is 6.02. The fourth-order valence-corrected chi connectivity index (χ4v) is 9.78. The first kappa shape index (κ1) is 63.3. The van der Waals surface area contributed by atoms with Gasteiger partial charge < -0.3 is 40.9 Å². The zero-order chi connectivity index (χ0) is 56.8. The SMILES string of the molecule is CN[C@@H](C)C(=O)NC(C(=O)N1CCC[C@H]1CN(Cc1cccc(C(F)(F)F)c1)C(=O)CCCCCCCCC(=O)N(Cc1cccc(C(F)(F)F)c1)C[C@@H]1CCCN1C(=O)[C@@H](NC(=O)[C@H](C)NC)C(C)(C)C)C(C)(C)C. The van der Waals surface area contributed by atoms with E-state index in [2.05, 4.69) is 21.3 Å². The number of carbonyl (C=O) groups is 6. The average molecular weight is 1080 g/mol. The highest BCUT2D eigenvalue weighted by molar-refractivity contribution is 5.91. The second-order valence-corrected chi connectivity index (χ2v) is 22.9. The molecule has 4 N–H and O–H groups in total. The number of hydrogen-bond donors (Lipinski definition) is 4. The number of likely N-dealkylation sites (N-methyl/N-ethyl adjacent to an activating group) is 2. The number of amides is 6. The average Bonchev–Trinajstić information content (AvgIpc) is 4.02. The molecule has 0 bridgehead atoms. The summed E-state index contributed by atoms with van der Waals surface area (Å²) >= 11 is 0. The van der Waals surface area contributed by atoms with Crippen LogP contribution >= 0.6 is 0 Å². The molecule has 0 aliphatic carbocycles. The number of alkyl halides is 6. The van der Waals surface area contributed by atoms with Gasteiger partial charge in [0.2, 0.25) is 35.4 Å². The van der Waals surface area contributed by atoms with Crippen LogP contribution in [0.5, 0.6) is 0 Å². The zero-order valence-electron chi connectivity index (χ0n) is 46.3. The van der Waals surface area contributed by atoms with Gasteiger partial charge in [-0.15, -0.1) is 0 Å². The first-order valence-corrected chi connectivity index (χ1v) is 26.9. The third kappa shape index (κ3) is 18.7. The van der Waals surface area contributed by atoms with Gasteiger partial charge >= 0.3 is 12.4 Å². The van der Waals surface area contributed by atoms with Crippen molar-refractivity contribution < 1.29 is 55.1 Å². The summed E-state index contributed by atoms with van der Waals surface area (Å²) in [6.45, 7) is 15.3. The Kier molecular flexibility index (Phi) is 23.2. The predicted molar refractivity (Wildman–Crippen MR) is 280 cm³/mol. The van der Waals surface area contributed by atoms with Gasteiger partial charge in [0, 0.05) is 64.2 Å². The molecule has 6 atom stereocenters. The van der Waals surface area contributed by atoms with Crippen LogP contribution in [0.3, 0.4) is 0 Å². The van der Waals surface area contributed by atoms with Crippen LogP contribution in [0.2, 0.25) is 0 Å². The number of benzene rings is 2.